The Balaban J connectivity index is 1.43. The van der Waals surface area contributed by atoms with Crippen LogP contribution >= 0.6 is 0 Å². The molecule has 0 radical (unpaired) electrons. The Labute approximate surface area is 184 Å². The normalized spacial score (nSPS) is 19.5. The zero-order valence-electron chi connectivity index (χ0n) is 17.8. The number of anilines is 1. The van der Waals surface area contributed by atoms with Crippen molar-refractivity contribution in [2.75, 3.05) is 37.5 Å². The summed E-state index contributed by atoms with van der Waals surface area (Å²) in [5.74, 6) is 0.565. The molecule has 1 N–H and O–H groups in total. The number of hydrogen-bond acceptors (Lipinski definition) is 5. The summed E-state index contributed by atoms with van der Waals surface area (Å²) in [7, 11) is -3.76. The summed E-state index contributed by atoms with van der Waals surface area (Å²) in [5.41, 5.74) is 0.865. The van der Waals surface area contributed by atoms with Gasteiger partial charge in [0.2, 0.25) is 0 Å². The molecule has 0 spiro atoms. The van der Waals surface area contributed by atoms with Crippen LogP contribution in [-0.2, 0) is 10.0 Å². The van der Waals surface area contributed by atoms with Crippen molar-refractivity contribution in [2.24, 2.45) is 0 Å². The second kappa shape index (κ2) is 9.28. The molecule has 2 aromatic carbocycles. The Morgan fingerprint density at radius 2 is 1.84 bits per heavy atom. The third-order valence-electron chi connectivity index (χ3n) is 5.91. The first-order valence-electron chi connectivity index (χ1n) is 10.9. The van der Waals surface area contributed by atoms with E-state index in [0.29, 0.717) is 29.6 Å². The van der Waals surface area contributed by atoms with Crippen LogP contribution in [0.25, 0.3) is 0 Å². The fraction of sp³-hybridized carbons (Fsp3) is 0.435. The highest BCUT2D eigenvalue weighted by Gasteiger charge is 2.32. The van der Waals surface area contributed by atoms with Crippen LogP contribution in [0.3, 0.4) is 0 Å². The number of benzene rings is 2. The van der Waals surface area contributed by atoms with Gasteiger partial charge in [-0.1, -0.05) is 6.07 Å². The molecule has 2 saturated heterocycles. The molecule has 0 aliphatic carbocycles. The summed E-state index contributed by atoms with van der Waals surface area (Å²) < 4.78 is 33.4. The molecule has 4 rings (SSSR count). The largest absolute Gasteiger partial charge is 0.494 e. The topological polar surface area (TPSA) is 78.9 Å². The second-order valence-corrected chi connectivity index (χ2v) is 9.71. The molecule has 2 aliphatic heterocycles. The molecular formula is C23H29N3O4S. The quantitative estimate of drug-likeness (QED) is 0.711. The van der Waals surface area contributed by atoms with Crippen molar-refractivity contribution in [3.63, 3.8) is 0 Å². The van der Waals surface area contributed by atoms with Crippen LogP contribution in [-0.4, -0.2) is 63.0 Å². The van der Waals surface area contributed by atoms with E-state index < -0.39 is 10.0 Å². The number of carbonyl (C=O) groups excluding carboxylic acids is 1. The van der Waals surface area contributed by atoms with Crippen molar-refractivity contribution in [1.82, 2.24) is 9.80 Å². The number of nitrogens with one attached hydrogen (secondary N) is 1. The van der Waals surface area contributed by atoms with E-state index >= 15 is 0 Å². The monoisotopic (exact) mass is 443 g/mol. The number of carbonyl (C=O) groups is 1. The molecule has 0 aromatic heterocycles. The number of sulfonamides is 1. The molecule has 2 aliphatic rings. The summed E-state index contributed by atoms with van der Waals surface area (Å²) >= 11 is 0. The number of amides is 1. The highest BCUT2D eigenvalue weighted by Crippen LogP contribution is 2.24. The molecule has 1 atom stereocenters. The van der Waals surface area contributed by atoms with E-state index in [1.807, 2.05) is 11.8 Å². The van der Waals surface area contributed by atoms with Gasteiger partial charge in [-0.25, -0.2) is 8.42 Å². The lowest BCUT2D eigenvalue weighted by Crippen LogP contribution is -2.37. The number of ether oxygens (including phenoxy) is 1. The third kappa shape index (κ3) is 5.02. The lowest BCUT2D eigenvalue weighted by atomic mass is 10.2. The first-order valence-corrected chi connectivity index (χ1v) is 12.3. The molecule has 8 heteroatoms. The van der Waals surface area contributed by atoms with Crippen LogP contribution in [0.2, 0.25) is 0 Å². The average Bonchev–Trinajstić information content (AvgIpc) is 3.46. The lowest BCUT2D eigenvalue weighted by Gasteiger charge is -2.23. The van der Waals surface area contributed by atoms with E-state index in [0.717, 1.165) is 32.6 Å². The van der Waals surface area contributed by atoms with Crippen LogP contribution in [0.5, 0.6) is 5.75 Å². The van der Waals surface area contributed by atoms with Gasteiger partial charge in [0, 0.05) is 30.4 Å². The van der Waals surface area contributed by atoms with Gasteiger partial charge < -0.3 is 9.64 Å². The molecule has 2 fully saturated rings. The molecular weight excluding hydrogens is 414 g/mol. The van der Waals surface area contributed by atoms with Crippen molar-refractivity contribution in [2.45, 2.75) is 37.1 Å². The minimum atomic E-state index is -3.76. The van der Waals surface area contributed by atoms with Crippen molar-refractivity contribution in [3.8, 4) is 5.75 Å². The molecule has 2 aromatic rings. The summed E-state index contributed by atoms with van der Waals surface area (Å²) in [4.78, 5) is 17.5. The minimum absolute atomic E-state index is 0.0520. The van der Waals surface area contributed by atoms with Crippen molar-refractivity contribution in [1.29, 1.82) is 0 Å². The van der Waals surface area contributed by atoms with Crippen LogP contribution < -0.4 is 9.46 Å². The van der Waals surface area contributed by atoms with E-state index in [2.05, 4.69) is 9.62 Å². The summed E-state index contributed by atoms with van der Waals surface area (Å²) in [6.45, 7) is 6.10. The molecule has 31 heavy (non-hydrogen) atoms. The zero-order valence-corrected chi connectivity index (χ0v) is 18.6. The number of rotatable bonds is 7. The number of likely N-dealkylation sites (tertiary alicyclic amines) is 2. The van der Waals surface area contributed by atoms with Gasteiger partial charge in [-0.05, 0) is 81.7 Å². The summed E-state index contributed by atoms with van der Waals surface area (Å²) in [6, 6.07) is 13.4. The maximum atomic E-state index is 13.0. The second-order valence-electron chi connectivity index (χ2n) is 8.03. The Hall–Kier alpha value is -2.58. The van der Waals surface area contributed by atoms with E-state index in [-0.39, 0.29) is 10.8 Å². The Kier molecular flexibility index (Phi) is 6.48. The molecule has 0 saturated carbocycles. The van der Waals surface area contributed by atoms with Gasteiger partial charge in [-0.2, -0.15) is 0 Å². The van der Waals surface area contributed by atoms with Gasteiger partial charge in [-0.15, -0.1) is 0 Å². The maximum Gasteiger partial charge on any atom is 0.261 e. The zero-order chi connectivity index (χ0) is 21.8. The van der Waals surface area contributed by atoms with Gasteiger partial charge in [0.15, 0.2) is 0 Å². The Bertz CT molecular complexity index is 1020. The first kappa shape index (κ1) is 21.6. The van der Waals surface area contributed by atoms with Gasteiger partial charge >= 0.3 is 0 Å². The van der Waals surface area contributed by atoms with E-state index in [1.54, 1.807) is 36.4 Å². The van der Waals surface area contributed by atoms with Gasteiger partial charge in [-0.3, -0.25) is 14.4 Å². The molecule has 1 unspecified atom stereocenters. The van der Waals surface area contributed by atoms with Crippen LogP contribution in [0.15, 0.2) is 53.4 Å². The third-order valence-corrected chi connectivity index (χ3v) is 7.31. The van der Waals surface area contributed by atoms with Crippen LogP contribution in [0, 0.1) is 0 Å². The highest BCUT2D eigenvalue weighted by atomic mass is 32.2. The average molecular weight is 444 g/mol. The molecule has 2 heterocycles. The van der Waals surface area contributed by atoms with E-state index in [9.17, 15) is 13.2 Å². The number of hydrogen-bond donors (Lipinski definition) is 1. The maximum absolute atomic E-state index is 13.0. The number of nitrogens with zero attached hydrogens (tertiary/aromatic N) is 2. The molecule has 166 valence electrons. The molecule has 1 amide bonds. The Morgan fingerprint density at radius 1 is 1.10 bits per heavy atom. The minimum Gasteiger partial charge on any atom is -0.494 e. The smallest absolute Gasteiger partial charge is 0.261 e. The molecule has 7 nitrogen and oxygen atoms in total. The van der Waals surface area contributed by atoms with Gasteiger partial charge in [0.25, 0.3) is 15.9 Å². The van der Waals surface area contributed by atoms with Crippen LogP contribution in [0.1, 0.15) is 36.5 Å². The van der Waals surface area contributed by atoms with Gasteiger partial charge in [0.1, 0.15) is 5.75 Å². The predicted octanol–water partition coefficient (Wildman–Crippen LogP) is 3.20. The van der Waals surface area contributed by atoms with Crippen molar-refractivity contribution < 1.29 is 17.9 Å². The Morgan fingerprint density at radius 3 is 2.55 bits per heavy atom. The lowest BCUT2D eigenvalue weighted by molar-refractivity contribution is 0.0780. The predicted molar refractivity (Wildman–Crippen MR) is 120 cm³/mol. The van der Waals surface area contributed by atoms with E-state index in [1.165, 1.54) is 25.0 Å². The summed E-state index contributed by atoms with van der Waals surface area (Å²) in [6.07, 6.45) is 3.47. The summed E-state index contributed by atoms with van der Waals surface area (Å²) in [5, 5.41) is 0. The van der Waals surface area contributed by atoms with Crippen molar-refractivity contribution >= 4 is 21.6 Å². The van der Waals surface area contributed by atoms with E-state index in [4.69, 9.17) is 4.74 Å². The highest BCUT2D eigenvalue weighted by molar-refractivity contribution is 7.92. The van der Waals surface area contributed by atoms with Gasteiger partial charge in [0.05, 0.1) is 11.5 Å². The standard InChI is InChI=1S/C23H29N3O4S/c1-2-30-21-8-10-22(11-9-21)31(28,29)24-19-7-5-6-18(16-19)23(27)26-15-12-20(17-26)25-13-3-4-14-25/h5-11,16,20,24H,2-4,12-15,17H2,1H3. The van der Waals surface area contributed by atoms with Crippen LogP contribution in [0.4, 0.5) is 5.69 Å². The fourth-order valence-corrected chi connectivity index (χ4v) is 5.37. The molecule has 0 bridgehead atoms. The first-order chi connectivity index (χ1) is 15.0. The SMILES string of the molecule is CCOc1ccc(S(=O)(=O)Nc2cccc(C(=O)N3CCC(N4CCCC4)C3)c2)cc1. The van der Waals surface area contributed by atoms with Crippen molar-refractivity contribution in [3.05, 3.63) is 54.1 Å². The fourth-order valence-electron chi connectivity index (χ4n) is 4.33.